The molecule has 0 heterocycles. The van der Waals surface area contributed by atoms with Crippen LogP contribution in [0.1, 0.15) is 32.3 Å². The van der Waals surface area contributed by atoms with Crippen molar-refractivity contribution in [3.63, 3.8) is 0 Å². The van der Waals surface area contributed by atoms with Crippen molar-refractivity contribution in [2.75, 3.05) is 0 Å². The maximum absolute atomic E-state index is 11.7. The first-order chi connectivity index (χ1) is 10.5. The number of hydrogen-bond acceptors (Lipinski definition) is 1. The monoisotopic (exact) mass is 394 g/mol. The van der Waals surface area contributed by atoms with Crippen LogP contribution in [-0.2, 0) is 9.13 Å². The highest BCUT2D eigenvalue weighted by molar-refractivity contribution is 6.52. The summed E-state index contributed by atoms with van der Waals surface area (Å²) in [5.41, 5.74) is -0.166. The molecule has 3 atom stereocenters. The zero-order chi connectivity index (χ0) is 17.2. The number of carboxylic acid groups (broad SMARTS) is 1. The van der Waals surface area contributed by atoms with Crippen LogP contribution in [0.3, 0.4) is 0 Å². The van der Waals surface area contributed by atoms with E-state index in [4.69, 9.17) is 46.4 Å². The second-order valence-electron chi connectivity index (χ2n) is 7.32. The summed E-state index contributed by atoms with van der Waals surface area (Å²) in [5.74, 6) is -0.782. The first-order valence-corrected chi connectivity index (χ1v) is 9.13. The van der Waals surface area contributed by atoms with E-state index >= 15 is 0 Å². The minimum absolute atomic E-state index is 0.000764. The molecular formula is C17H18Cl4O2. The third-order valence-electron chi connectivity index (χ3n) is 5.61. The van der Waals surface area contributed by atoms with Crippen LogP contribution < -0.4 is 0 Å². The van der Waals surface area contributed by atoms with Crippen LogP contribution in [-0.4, -0.2) is 16.5 Å². The largest absolute Gasteiger partial charge is 0.481 e. The summed E-state index contributed by atoms with van der Waals surface area (Å²) < 4.78 is -1.29. The molecule has 2 aliphatic rings. The van der Waals surface area contributed by atoms with E-state index in [2.05, 4.69) is 0 Å². The molecule has 0 aromatic heterocycles. The van der Waals surface area contributed by atoms with Gasteiger partial charge in [0.15, 0.2) is 4.33 Å². The number of benzene rings is 1. The van der Waals surface area contributed by atoms with Gasteiger partial charge in [0.2, 0.25) is 0 Å². The summed E-state index contributed by atoms with van der Waals surface area (Å²) in [6.45, 7) is 4.10. The van der Waals surface area contributed by atoms with Gasteiger partial charge in [0.1, 0.15) is 0 Å². The Labute approximate surface area is 156 Å². The number of aliphatic carboxylic acids is 1. The van der Waals surface area contributed by atoms with E-state index < -0.39 is 21.1 Å². The van der Waals surface area contributed by atoms with Crippen molar-refractivity contribution in [3.8, 4) is 0 Å². The lowest BCUT2D eigenvalue weighted by Gasteiger charge is -2.27. The van der Waals surface area contributed by atoms with E-state index in [-0.39, 0.29) is 17.3 Å². The number of carboxylic acids is 1. The molecule has 3 rings (SSSR count). The molecule has 0 aliphatic heterocycles. The third-order valence-corrected chi connectivity index (χ3v) is 7.59. The van der Waals surface area contributed by atoms with Crippen LogP contribution in [0.5, 0.6) is 0 Å². The molecule has 1 aromatic rings. The van der Waals surface area contributed by atoms with Gasteiger partial charge in [0.25, 0.3) is 0 Å². The van der Waals surface area contributed by atoms with Crippen molar-refractivity contribution < 1.29 is 9.90 Å². The molecule has 6 heteroatoms. The molecule has 0 spiro atoms. The molecule has 1 N–H and O–H groups in total. The third kappa shape index (κ3) is 2.66. The summed E-state index contributed by atoms with van der Waals surface area (Å²) in [6, 6.07) is 6.95. The van der Waals surface area contributed by atoms with Gasteiger partial charge in [0, 0.05) is 5.02 Å². The number of carbonyl (C=O) groups is 1. The summed E-state index contributed by atoms with van der Waals surface area (Å²) >= 11 is 25.7. The van der Waals surface area contributed by atoms with Crippen LogP contribution >= 0.6 is 46.4 Å². The second-order valence-corrected chi connectivity index (χ2v) is 9.61. The quantitative estimate of drug-likeness (QED) is 0.647. The summed E-state index contributed by atoms with van der Waals surface area (Å²) in [7, 11) is 0. The standard InChI is InChI=1S/C17H18Cl4O2/c1-15(2)11(12(15)16(7-8-16)14(22)23)13(19)17(20,21)9-3-5-10(18)6-4-9/h3-6,11-13H,7-8H2,1-2H3,(H,22,23)/t11-,12+,13?/m0/s1. The van der Waals surface area contributed by atoms with Gasteiger partial charge >= 0.3 is 5.97 Å². The van der Waals surface area contributed by atoms with Crippen LogP contribution in [0.2, 0.25) is 5.02 Å². The molecule has 1 aromatic carbocycles. The van der Waals surface area contributed by atoms with Crippen molar-refractivity contribution in [1.82, 2.24) is 0 Å². The molecule has 0 saturated heterocycles. The fraction of sp³-hybridized carbons (Fsp3) is 0.588. The zero-order valence-corrected chi connectivity index (χ0v) is 15.8. The van der Waals surface area contributed by atoms with Crippen LogP contribution in [0.25, 0.3) is 0 Å². The van der Waals surface area contributed by atoms with Gasteiger partial charge in [-0.15, -0.1) is 11.6 Å². The van der Waals surface area contributed by atoms with Crippen molar-refractivity contribution in [2.24, 2.45) is 22.7 Å². The topological polar surface area (TPSA) is 37.3 Å². The lowest BCUT2D eigenvalue weighted by atomic mass is 9.94. The molecule has 2 fully saturated rings. The molecule has 2 saturated carbocycles. The minimum atomic E-state index is -1.29. The Kier molecular flexibility index (Phi) is 4.17. The molecule has 0 bridgehead atoms. The average molecular weight is 396 g/mol. The Morgan fingerprint density at radius 2 is 1.78 bits per heavy atom. The Morgan fingerprint density at radius 3 is 2.22 bits per heavy atom. The summed E-state index contributed by atoms with van der Waals surface area (Å²) in [4.78, 5) is 11.7. The van der Waals surface area contributed by atoms with Gasteiger partial charge in [-0.05, 0) is 47.8 Å². The lowest BCUT2D eigenvalue weighted by molar-refractivity contribution is -0.144. The predicted octanol–water partition coefficient (Wildman–Crippen LogP) is 5.71. The number of rotatable bonds is 5. The fourth-order valence-corrected chi connectivity index (χ4v) is 5.37. The van der Waals surface area contributed by atoms with E-state index in [1.807, 2.05) is 13.8 Å². The van der Waals surface area contributed by atoms with Gasteiger partial charge in [0.05, 0.1) is 10.8 Å². The van der Waals surface area contributed by atoms with Crippen molar-refractivity contribution in [2.45, 2.75) is 36.4 Å². The molecule has 126 valence electrons. The van der Waals surface area contributed by atoms with Crippen molar-refractivity contribution in [1.29, 1.82) is 0 Å². The Balaban J connectivity index is 1.87. The molecule has 0 radical (unpaired) electrons. The first kappa shape index (κ1) is 17.7. The molecule has 23 heavy (non-hydrogen) atoms. The number of halogens is 4. The molecular weight excluding hydrogens is 378 g/mol. The Morgan fingerprint density at radius 1 is 1.26 bits per heavy atom. The van der Waals surface area contributed by atoms with Crippen LogP contribution in [0.15, 0.2) is 24.3 Å². The van der Waals surface area contributed by atoms with Crippen LogP contribution in [0.4, 0.5) is 0 Å². The van der Waals surface area contributed by atoms with E-state index in [1.54, 1.807) is 24.3 Å². The zero-order valence-electron chi connectivity index (χ0n) is 12.8. The maximum Gasteiger partial charge on any atom is 0.309 e. The minimum Gasteiger partial charge on any atom is -0.481 e. The van der Waals surface area contributed by atoms with Crippen LogP contribution in [0, 0.1) is 22.7 Å². The lowest BCUT2D eigenvalue weighted by Crippen LogP contribution is -2.29. The Hall–Kier alpha value is -0.150. The normalized spacial score (nSPS) is 29.0. The SMILES string of the molecule is CC1(C)[C@H](C(Cl)C(Cl)(Cl)c2ccc(Cl)cc2)[C@H]1C1(C(=O)O)CC1. The van der Waals surface area contributed by atoms with Gasteiger partial charge in [-0.3, -0.25) is 4.79 Å². The smallest absolute Gasteiger partial charge is 0.309 e. The molecule has 0 amide bonds. The van der Waals surface area contributed by atoms with E-state index in [0.717, 1.165) is 0 Å². The first-order valence-electron chi connectivity index (χ1n) is 7.56. The molecule has 1 unspecified atom stereocenters. The van der Waals surface area contributed by atoms with Crippen molar-refractivity contribution >= 4 is 52.4 Å². The molecule has 2 nitrogen and oxygen atoms in total. The maximum atomic E-state index is 11.7. The van der Waals surface area contributed by atoms with Crippen molar-refractivity contribution in [3.05, 3.63) is 34.9 Å². The average Bonchev–Trinajstić information content (AvgIpc) is 3.33. The van der Waals surface area contributed by atoms with E-state index in [0.29, 0.717) is 23.4 Å². The number of hydrogen-bond donors (Lipinski definition) is 1. The summed E-state index contributed by atoms with van der Waals surface area (Å²) in [5, 5.41) is 9.59. The fourth-order valence-electron chi connectivity index (χ4n) is 4.13. The highest BCUT2D eigenvalue weighted by Gasteiger charge is 2.76. The Bertz CT molecular complexity index is 634. The van der Waals surface area contributed by atoms with E-state index in [1.165, 1.54) is 0 Å². The van der Waals surface area contributed by atoms with E-state index in [9.17, 15) is 9.90 Å². The van der Waals surface area contributed by atoms with Gasteiger partial charge in [-0.25, -0.2) is 0 Å². The van der Waals surface area contributed by atoms with Gasteiger partial charge in [-0.2, -0.15) is 0 Å². The van der Waals surface area contributed by atoms with Gasteiger partial charge in [-0.1, -0.05) is 60.8 Å². The summed E-state index contributed by atoms with van der Waals surface area (Å²) in [6.07, 6.45) is 1.41. The molecule has 2 aliphatic carbocycles. The second kappa shape index (κ2) is 5.42. The highest BCUT2D eigenvalue weighted by atomic mass is 35.5. The number of alkyl halides is 3. The predicted molar refractivity (Wildman–Crippen MR) is 94.5 cm³/mol. The van der Waals surface area contributed by atoms with Gasteiger partial charge < -0.3 is 5.11 Å². The highest BCUT2D eigenvalue weighted by Crippen LogP contribution is 2.76.